The second-order valence-corrected chi connectivity index (χ2v) is 5.90. The van der Waals surface area contributed by atoms with Crippen LogP contribution < -0.4 is 4.90 Å². The summed E-state index contributed by atoms with van der Waals surface area (Å²) >= 11 is 6.21. The molecule has 0 unspecified atom stereocenters. The third-order valence-corrected chi connectivity index (χ3v) is 4.22. The molecule has 3 aromatic rings. The Hall–Kier alpha value is -2.33. The molecule has 1 aliphatic heterocycles. The van der Waals surface area contributed by atoms with E-state index in [1.165, 1.54) is 11.3 Å². The minimum Gasteiger partial charge on any atom is -0.360 e. The molecular weight excluding hydrogens is 296 g/mol. The second kappa shape index (κ2) is 5.14. The smallest absolute Gasteiger partial charge is 0.157 e. The molecule has 1 aliphatic rings. The first kappa shape index (κ1) is 13.3. The van der Waals surface area contributed by atoms with Crippen molar-refractivity contribution in [3.8, 4) is 5.69 Å². The Labute approximate surface area is 134 Å². The van der Waals surface area contributed by atoms with E-state index in [-0.39, 0.29) is 0 Å². The molecule has 0 saturated heterocycles. The van der Waals surface area contributed by atoms with Crippen LogP contribution in [0.1, 0.15) is 17.2 Å². The number of halogens is 1. The van der Waals surface area contributed by atoms with Gasteiger partial charge in [0, 0.05) is 17.3 Å². The minimum absolute atomic E-state index is 0.719. The predicted molar refractivity (Wildman–Crippen MR) is 87.4 cm³/mol. The van der Waals surface area contributed by atoms with Crippen molar-refractivity contribution in [2.24, 2.45) is 0 Å². The summed E-state index contributed by atoms with van der Waals surface area (Å²) in [5.41, 5.74) is 3.46. The number of hydrogen-bond acceptors (Lipinski definition) is 3. The lowest BCUT2D eigenvalue weighted by Gasteiger charge is -2.22. The number of benzene rings is 2. The number of anilines is 1. The Kier molecular flexibility index (Phi) is 3.12. The average molecular weight is 311 g/mol. The molecule has 0 saturated carbocycles. The molecule has 0 radical (unpaired) electrons. The average Bonchev–Trinajstić information content (AvgIpc) is 2.80. The number of rotatable bonds is 1. The van der Waals surface area contributed by atoms with Crippen molar-refractivity contribution in [3.63, 3.8) is 0 Å². The number of nitrogens with zero attached hydrogens (tertiary/aromatic N) is 4. The van der Waals surface area contributed by atoms with E-state index in [0.29, 0.717) is 0 Å². The van der Waals surface area contributed by atoms with Crippen LogP contribution in [0.25, 0.3) is 5.69 Å². The van der Waals surface area contributed by atoms with Crippen molar-refractivity contribution in [1.29, 1.82) is 0 Å². The summed E-state index contributed by atoms with van der Waals surface area (Å²) in [6.07, 6.45) is 0. The Morgan fingerprint density at radius 1 is 1.00 bits per heavy atom. The minimum atomic E-state index is 0.719. The second-order valence-electron chi connectivity index (χ2n) is 5.46. The zero-order valence-electron chi connectivity index (χ0n) is 12.2. The van der Waals surface area contributed by atoms with Crippen LogP contribution in [-0.2, 0) is 13.1 Å². The third-order valence-electron chi connectivity index (χ3n) is 3.99. The molecule has 0 fully saturated rings. The van der Waals surface area contributed by atoms with E-state index in [1.54, 1.807) is 0 Å². The van der Waals surface area contributed by atoms with E-state index in [1.807, 2.05) is 31.2 Å². The maximum absolute atomic E-state index is 6.21. The van der Waals surface area contributed by atoms with Crippen LogP contribution in [-0.4, -0.2) is 14.8 Å². The lowest BCUT2D eigenvalue weighted by atomic mass is 10.1. The van der Waals surface area contributed by atoms with E-state index in [9.17, 15) is 0 Å². The molecular formula is C17H15ClN4. The van der Waals surface area contributed by atoms with Gasteiger partial charge in [-0.3, -0.25) is 4.57 Å². The number of aromatic nitrogens is 3. The molecule has 22 heavy (non-hydrogen) atoms. The molecule has 0 N–H and O–H groups in total. The normalized spacial score (nSPS) is 13.5. The molecule has 5 heteroatoms. The highest BCUT2D eigenvalue weighted by Crippen LogP contribution is 2.29. The van der Waals surface area contributed by atoms with Crippen molar-refractivity contribution < 1.29 is 0 Å². The summed E-state index contributed by atoms with van der Waals surface area (Å²) in [6.45, 7) is 3.49. The van der Waals surface area contributed by atoms with Crippen molar-refractivity contribution >= 4 is 17.3 Å². The molecule has 0 atom stereocenters. The molecule has 4 nitrogen and oxygen atoms in total. The van der Waals surface area contributed by atoms with Crippen LogP contribution in [0.5, 0.6) is 0 Å². The van der Waals surface area contributed by atoms with Gasteiger partial charge < -0.3 is 4.90 Å². The lowest BCUT2D eigenvalue weighted by molar-refractivity contribution is 0.767. The molecule has 2 heterocycles. The standard InChI is InChI=1S/C17H15ClN4/c1-12-19-20-17-11-21(15-5-3-2-4-6-15)10-13-9-14(18)7-8-16(13)22(12)17/h2-9H,10-11H2,1H3. The van der Waals surface area contributed by atoms with Gasteiger partial charge in [0.15, 0.2) is 5.82 Å². The highest BCUT2D eigenvalue weighted by atomic mass is 35.5. The van der Waals surface area contributed by atoms with Crippen LogP contribution in [0.2, 0.25) is 5.02 Å². The number of para-hydroxylation sites is 1. The molecule has 110 valence electrons. The Balaban J connectivity index is 1.90. The topological polar surface area (TPSA) is 34.0 Å². The Morgan fingerprint density at radius 2 is 1.82 bits per heavy atom. The van der Waals surface area contributed by atoms with E-state index in [0.717, 1.165) is 35.4 Å². The van der Waals surface area contributed by atoms with Crippen LogP contribution in [0.3, 0.4) is 0 Å². The third kappa shape index (κ3) is 2.16. The molecule has 0 spiro atoms. The first-order valence-electron chi connectivity index (χ1n) is 7.22. The molecule has 2 aromatic carbocycles. The lowest BCUT2D eigenvalue weighted by Crippen LogP contribution is -2.21. The van der Waals surface area contributed by atoms with Crippen molar-refractivity contribution in [1.82, 2.24) is 14.8 Å². The van der Waals surface area contributed by atoms with Gasteiger partial charge in [-0.2, -0.15) is 0 Å². The quantitative estimate of drug-likeness (QED) is 0.686. The first-order valence-corrected chi connectivity index (χ1v) is 7.60. The molecule has 1 aromatic heterocycles. The maximum Gasteiger partial charge on any atom is 0.157 e. The van der Waals surface area contributed by atoms with Gasteiger partial charge in [-0.1, -0.05) is 29.8 Å². The summed E-state index contributed by atoms with van der Waals surface area (Å²) in [6, 6.07) is 16.4. The summed E-state index contributed by atoms with van der Waals surface area (Å²) in [5, 5.41) is 9.35. The Bertz CT molecular complexity index is 826. The molecule has 4 rings (SSSR count). The van der Waals surface area contributed by atoms with Gasteiger partial charge in [-0.25, -0.2) is 0 Å². The first-order chi connectivity index (χ1) is 10.7. The fourth-order valence-corrected chi connectivity index (χ4v) is 3.17. The largest absolute Gasteiger partial charge is 0.360 e. The summed E-state index contributed by atoms with van der Waals surface area (Å²) < 4.78 is 2.12. The monoisotopic (exact) mass is 310 g/mol. The summed E-state index contributed by atoms with van der Waals surface area (Å²) in [4.78, 5) is 2.29. The van der Waals surface area contributed by atoms with Crippen LogP contribution in [0, 0.1) is 6.92 Å². The van der Waals surface area contributed by atoms with Gasteiger partial charge in [0.05, 0.1) is 12.2 Å². The van der Waals surface area contributed by atoms with E-state index in [2.05, 4.69) is 43.9 Å². The van der Waals surface area contributed by atoms with Gasteiger partial charge in [-0.15, -0.1) is 10.2 Å². The molecule has 0 amide bonds. The highest BCUT2D eigenvalue weighted by Gasteiger charge is 2.22. The zero-order chi connectivity index (χ0) is 15.1. The van der Waals surface area contributed by atoms with Crippen molar-refractivity contribution in [3.05, 3.63) is 70.8 Å². The highest BCUT2D eigenvalue weighted by molar-refractivity contribution is 6.30. The van der Waals surface area contributed by atoms with E-state index >= 15 is 0 Å². The van der Waals surface area contributed by atoms with E-state index < -0.39 is 0 Å². The van der Waals surface area contributed by atoms with Gasteiger partial charge in [0.2, 0.25) is 0 Å². The van der Waals surface area contributed by atoms with Gasteiger partial charge in [0.25, 0.3) is 0 Å². The zero-order valence-corrected chi connectivity index (χ0v) is 13.0. The predicted octanol–water partition coefficient (Wildman–Crippen LogP) is 3.75. The van der Waals surface area contributed by atoms with Crippen LogP contribution in [0.15, 0.2) is 48.5 Å². The van der Waals surface area contributed by atoms with Crippen LogP contribution >= 0.6 is 11.6 Å². The summed E-state index contributed by atoms with van der Waals surface area (Å²) in [5.74, 6) is 1.84. The molecule has 0 bridgehead atoms. The van der Waals surface area contributed by atoms with Gasteiger partial charge in [-0.05, 0) is 42.8 Å². The van der Waals surface area contributed by atoms with Crippen molar-refractivity contribution in [2.75, 3.05) is 4.90 Å². The fraction of sp³-hybridized carbons (Fsp3) is 0.176. The fourth-order valence-electron chi connectivity index (χ4n) is 2.97. The summed E-state index contributed by atoms with van der Waals surface area (Å²) in [7, 11) is 0. The maximum atomic E-state index is 6.21. The number of hydrogen-bond donors (Lipinski definition) is 0. The van der Waals surface area contributed by atoms with Crippen LogP contribution in [0.4, 0.5) is 5.69 Å². The van der Waals surface area contributed by atoms with E-state index in [4.69, 9.17) is 11.6 Å². The number of fused-ring (bicyclic) bond motifs is 3. The van der Waals surface area contributed by atoms with Gasteiger partial charge >= 0.3 is 0 Å². The van der Waals surface area contributed by atoms with Crippen molar-refractivity contribution in [2.45, 2.75) is 20.0 Å². The number of aryl methyl sites for hydroxylation is 1. The van der Waals surface area contributed by atoms with Gasteiger partial charge in [0.1, 0.15) is 5.82 Å². The molecule has 0 aliphatic carbocycles. The SMILES string of the molecule is Cc1nnc2n1-c1ccc(Cl)cc1CN(c1ccccc1)C2. The Morgan fingerprint density at radius 3 is 2.64 bits per heavy atom.